The average Bonchev–Trinajstić information content (AvgIpc) is 2.88. The van der Waals surface area contributed by atoms with Crippen molar-refractivity contribution < 1.29 is 9.18 Å². The fraction of sp³-hybridized carbons (Fsp3) is 0.462. The smallest absolute Gasteiger partial charge is 0.321 e. The summed E-state index contributed by atoms with van der Waals surface area (Å²) in [6.07, 6.45) is 0. The maximum atomic E-state index is 13.0. The topological polar surface area (TPSA) is 44.4 Å². The molecule has 19 heavy (non-hydrogen) atoms. The number of rotatable bonds is 1. The van der Waals surface area contributed by atoms with Gasteiger partial charge < -0.3 is 15.5 Å². The molecule has 3 rings (SSSR count). The molecule has 0 aromatic heterocycles. The van der Waals surface area contributed by atoms with E-state index < -0.39 is 0 Å². The highest BCUT2D eigenvalue weighted by Crippen LogP contribution is 2.26. The van der Waals surface area contributed by atoms with Gasteiger partial charge in [0.1, 0.15) is 5.82 Å². The van der Waals surface area contributed by atoms with Crippen molar-refractivity contribution in [2.45, 2.75) is 0 Å². The van der Waals surface area contributed by atoms with E-state index >= 15 is 0 Å². The van der Waals surface area contributed by atoms with E-state index in [4.69, 9.17) is 0 Å². The van der Waals surface area contributed by atoms with E-state index in [1.165, 1.54) is 12.1 Å². The van der Waals surface area contributed by atoms with Crippen molar-refractivity contribution in [2.75, 3.05) is 31.5 Å². The van der Waals surface area contributed by atoms with Crippen molar-refractivity contribution in [2.24, 2.45) is 11.8 Å². The van der Waals surface area contributed by atoms with Gasteiger partial charge in [0.15, 0.2) is 0 Å². The first kappa shape index (κ1) is 14.1. The molecule has 2 aliphatic rings. The number of likely N-dealkylation sites (tertiary alicyclic amines) is 1. The minimum Gasteiger partial charge on any atom is -0.324 e. The lowest BCUT2D eigenvalue weighted by atomic mass is 10.0. The van der Waals surface area contributed by atoms with E-state index in [1.54, 1.807) is 12.1 Å². The quantitative estimate of drug-likeness (QED) is 0.828. The molecule has 6 heteroatoms. The highest BCUT2D eigenvalue weighted by Gasteiger charge is 2.37. The van der Waals surface area contributed by atoms with E-state index in [-0.39, 0.29) is 24.3 Å². The summed E-state index contributed by atoms with van der Waals surface area (Å²) in [6.45, 7) is 3.57. The van der Waals surface area contributed by atoms with Gasteiger partial charge in [0.2, 0.25) is 0 Å². The molecule has 1 aromatic rings. The second-order valence-electron chi connectivity index (χ2n) is 5.02. The number of hydrogen-bond acceptors (Lipinski definition) is 2. The van der Waals surface area contributed by atoms with Crippen LogP contribution in [0.1, 0.15) is 0 Å². The number of amides is 2. The van der Waals surface area contributed by atoms with Gasteiger partial charge in [0.05, 0.1) is 0 Å². The van der Waals surface area contributed by atoms with Gasteiger partial charge in [0, 0.05) is 31.9 Å². The number of fused-ring (bicyclic) bond motifs is 1. The van der Waals surface area contributed by atoms with Crippen molar-refractivity contribution in [3.8, 4) is 0 Å². The first-order valence-electron chi connectivity index (χ1n) is 6.24. The fourth-order valence-corrected chi connectivity index (χ4v) is 2.79. The molecule has 4 nitrogen and oxygen atoms in total. The molecule has 104 valence electrons. The summed E-state index contributed by atoms with van der Waals surface area (Å²) in [7, 11) is 0. The molecule has 2 N–H and O–H groups in total. The van der Waals surface area contributed by atoms with Crippen LogP contribution >= 0.6 is 12.4 Å². The number of hydrogen-bond donors (Lipinski definition) is 2. The Hall–Kier alpha value is -1.33. The van der Waals surface area contributed by atoms with Crippen LogP contribution in [-0.4, -0.2) is 37.1 Å². The van der Waals surface area contributed by atoms with Gasteiger partial charge in [-0.05, 0) is 30.0 Å². The Morgan fingerprint density at radius 2 is 2.00 bits per heavy atom. The van der Waals surface area contributed by atoms with Crippen LogP contribution < -0.4 is 10.6 Å². The lowest BCUT2D eigenvalue weighted by Gasteiger charge is -2.18. The molecule has 1 aromatic carbocycles. The first-order valence-corrected chi connectivity index (χ1v) is 6.24. The van der Waals surface area contributed by atoms with Gasteiger partial charge in [-0.15, -0.1) is 12.4 Å². The molecule has 0 aliphatic carbocycles. The van der Waals surface area contributed by atoms with Crippen molar-refractivity contribution >= 4 is 24.1 Å². The molecule has 2 fully saturated rings. The van der Waals surface area contributed by atoms with E-state index in [9.17, 15) is 9.18 Å². The Labute approximate surface area is 117 Å². The minimum absolute atomic E-state index is 0. The standard InChI is InChI=1S/C13H16FN3O.ClH/c14-11-2-1-3-12(4-11)16-13(18)17-7-9-5-15-6-10(9)8-17;/h1-4,9-10,15H,5-8H2,(H,16,18);1H. The molecule has 0 radical (unpaired) electrons. The maximum Gasteiger partial charge on any atom is 0.321 e. The molecule has 2 heterocycles. The van der Waals surface area contributed by atoms with Gasteiger partial charge in [-0.3, -0.25) is 0 Å². The van der Waals surface area contributed by atoms with Crippen molar-refractivity contribution in [1.82, 2.24) is 10.2 Å². The van der Waals surface area contributed by atoms with E-state index in [0.717, 1.165) is 26.2 Å². The Balaban J connectivity index is 0.00000133. The molecular weight excluding hydrogens is 269 g/mol. The number of anilines is 1. The molecule has 2 atom stereocenters. The largest absolute Gasteiger partial charge is 0.324 e. The summed E-state index contributed by atoms with van der Waals surface area (Å²) in [6, 6.07) is 5.85. The fourth-order valence-electron chi connectivity index (χ4n) is 2.79. The normalized spacial score (nSPS) is 24.8. The van der Waals surface area contributed by atoms with Crippen molar-refractivity contribution in [3.63, 3.8) is 0 Å². The SMILES string of the molecule is Cl.O=C(Nc1cccc(F)c1)N1CC2CNCC2C1. The summed E-state index contributed by atoms with van der Waals surface area (Å²) < 4.78 is 13.0. The first-order chi connectivity index (χ1) is 8.72. The Bertz CT molecular complexity index is 459. The van der Waals surface area contributed by atoms with Crippen LogP contribution in [0, 0.1) is 17.7 Å². The van der Waals surface area contributed by atoms with Gasteiger partial charge >= 0.3 is 6.03 Å². The number of carbonyl (C=O) groups excluding carboxylic acids is 1. The van der Waals surface area contributed by atoms with Crippen LogP contribution in [0.15, 0.2) is 24.3 Å². The molecule has 0 spiro atoms. The van der Waals surface area contributed by atoms with Crippen molar-refractivity contribution in [1.29, 1.82) is 0 Å². The zero-order valence-electron chi connectivity index (χ0n) is 10.4. The Morgan fingerprint density at radius 1 is 1.32 bits per heavy atom. The number of halogens is 2. The molecule has 2 saturated heterocycles. The molecule has 0 bridgehead atoms. The minimum atomic E-state index is -0.338. The third kappa shape index (κ3) is 2.98. The highest BCUT2D eigenvalue weighted by molar-refractivity contribution is 5.89. The predicted molar refractivity (Wildman–Crippen MR) is 74.1 cm³/mol. The van der Waals surface area contributed by atoms with E-state index in [2.05, 4.69) is 10.6 Å². The van der Waals surface area contributed by atoms with Crippen LogP contribution in [0.25, 0.3) is 0 Å². The second-order valence-corrected chi connectivity index (χ2v) is 5.02. The second kappa shape index (κ2) is 5.75. The highest BCUT2D eigenvalue weighted by atomic mass is 35.5. The van der Waals surface area contributed by atoms with Crippen LogP contribution in [0.2, 0.25) is 0 Å². The number of nitrogens with zero attached hydrogens (tertiary/aromatic N) is 1. The van der Waals surface area contributed by atoms with Crippen LogP contribution in [0.3, 0.4) is 0 Å². The molecule has 2 unspecified atom stereocenters. The molecule has 0 saturated carbocycles. The van der Waals surface area contributed by atoms with Crippen LogP contribution in [0.4, 0.5) is 14.9 Å². The van der Waals surface area contributed by atoms with Gasteiger partial charge in [-0.25, -0.2) is 9.18 Å². The van der Waals surface area contributed by atoms with Gasteiger partial charge in [-0.2, -0.15) is 0 Å². The summed E-state index contributed by atoms with van der Waals surface area (Å²) in [5.74, 6) is 0.807. The number of benzene rings is 1. The molecule has 2 amide bonds. The lowest BCUT2D eigenvalue weighted by molar-refractivity contribution is 0.219. The Kier molecular flexibility index (Phi) is 4.27. The summed E-state index contributed by atoms with van der Waals surface area (Å²) in [5, 5.41) is 6.07. The predicted octanol–water partition coefficient (Wildman–Crippen LogP) is 1.93. The van der Waals surface area contributed by atoms with E-state index in [0.29, 0.717) is 17.5 Å². The van der Waals surface area contributed by atoms with Gasteiger partial charge in [-0.1, -0.05) is 6.07 Å². The van der Waals surface area contributed by atoms with E-state index in [1.807, 2.05) is 4.90 Å². The van der Waals surface area contributed by atoms with Crippen molar-refractivity contribution in [3.05, 3.63) is 30.1 Å². The maximum absolute atomic E-state index is 13.0. The van der Waals surface area contributed by atoms with Crippen LogP contribution in [0.5, 0.6) is 0 Å². The third-order valence-corrected chi connectivity index (χ3v) is 3.75. The number of urea groups is 1. The molecule has 2 aliphatic heterocycles. The average molecular weight is 286 g/mol. The molecular formula is C13H17ClFN3O. The number of carbonyl (C=O) groups is 1. The number of nitrogens with one attached hydrogen (secondary N) is 2. The monoisotopic (exact) mass is 285 g/mol. The Morgan fingerprint density at radius 3 is 2.63 bits per heavy atom. The summed E-state index contributed by atoms with van der Waals surface area (Å²) in [4.78, 5) is 13.8. The van der Waals surface area contributed by atoms with Crippen LogP contribution in [-0.2, 0) is 0 Å². The third-order valence-electron chi connectivity index (χ3n) is 3.75. The summed E-state index contributed by atoms with van der Waals surface area (Å²) >= 11 is 0. The summed E-state index contributed by atoms with van der Waals surface area (Å²) in [5.41, 5.74) is 0.509. The van der Waals surface area contributed by atoms with Gasteiger partial charge in [0.25, 0.3) is 0 Å². The lowest BCUT2D eigenvalue weighted by Crippen LogP contribution is -2.35. The zero-order chi connectivity index (χ0) is 12.5. The zero-order valence-corrected chi connectivity index (χ0v) is 11.3.